The molecule has 0 aliphatic carbocycles. The summed E-state index contributed by atoms with van der Waals surface area (Å²) in [6.45, 7) is 3.49. The molecule has 0 fully saturated rings. The molecule has 17 heavy (non-hydrogen) atoms. The molecule has 2 N–H and O–H groups in total. The van der Waals surface area contributed by atoms with Crippen LogP contribution in [0.4, 0.5) is 13.2 Å². The molecule has 0 saturated carbocycles. The van der Waals surface area contributed by atoms with E-state index in [4.69, 9.17) is 17.3 Å². The average Bonchev–Trinajstić information content (AvgIpc) is 2.16. The first-order valence-corrected chi connectivity index (χ1v) is 4.97. The third-order valence-electron chi connectivity index (χ3n) is 2.14. The van der Waals surface area contributed by atoms with Crippen molar-refractivity contribution in [3.63, 3.8) is 0 Å². The van der Waals surface area contributed by atoms with Crippen molar-refractivity contribution in [1.29, 1.82) is 0 Å². The lowest BCUT2D eigenvalue weighted by Gasteiger charge is -2.14. The Kier molecular flexibility index (Phi) is 6.02. The van der Waals surface area contributed by atoms with E-state index >= 15 is 0 Å². The minimum absolute atomic E-state index is 0. The normalized spacial score (nSPS) is 12.8. The zero-order valence-electron chi connectivity index (χ0n) is 8.80. The maximum Gasteiger partial charge on any atom is 0.417 e. The van der Waals surface area contributed by atoms with Crippen LogP contribution in [0.15, 0.2) is 30.9 Å². The molecule has 0 amide bonds. The first-order chi connectivity index (χ1) is 7.36. The van der Waals surface area contributed by atoms with Crippen molar-refractivity contribution in [3.05, 3.63) is 47.0 Å². The van der Waals surface area contributed by atoms with Gasteiger partial charge in [-0.25, -0.2) is 0 Å². The largest absolute Gasteiger partial charge is 0.417 e. The molecule has 6 heteroatoms. The second kappa shape index (κ2) is 6.28. The quantitative estimate of drug-likeness (QED) is 0.821. The summed E-state index contributed by atoms with van der Waals surface area (Å²) >= 11 is 5.48. The van der Waals surface area contributed by atoms with E-state index in [-0.39, 0.29) is 17.4 Å². The summed E-state index contributed by atoms with van der Waals surface area (Å²) in [6.07, 6.45) is -2.48. The molecule has 0 radical (unpaired) electrons. The Labute approximate surface area is 109 Å². The number of rotatable bonds is 3. The Morgan fingerprint density at radius 1 is 1.41 bits per heavy atom. The number of hydrogen-bond donors (Lipinski definition) is 1. The van der Waals surface area contributed by atoms with Crippen molar-refractivity contribution in [3.8, 4) is 0 Å². The summed E-state index contributed by atoms with van der Waals surface area (Å²) < 4.78 is 37.6. The highest BCUT2D eigenvalue weighted by atomic mass is 35.5. The van der Waals surface area contributed by atoms with Gasteiger partial charge in [-0.1, -0.05) is 23.7 Å². The average molecular weight is 286 g/mol. The smallest absolute Gasteiger partial charge is 0.324 e. The fourth-order valence-electron chi connectivity index (χ4n) is 1.31. The highest BCUT2D eigenvalue weighted by Gasteiger charge is 2.33. The van der Waals surface area contributed by atoms with Crippen LogP contribution in [0.5, 0.6) is 0 Å². The molecule has 0 bridgehead atoms. The van der Waals surface area contributed by atoms with Crippen LogP contribution in [0.3, 0.4) is 0 Å². The summed E-state index contributed by atoms with van der Waals surface area (Å²) in [6, 6.07) is 3.20. The molecule has 0 unspecified atom stereocenters. The third kappa shape index (κ3) is 4.22. The fourth-order valence-corrected chi connectivity index (χ4v) is 1.53. The van der Waals surface area contributed by atoms with Crippen LogP contribution >= 0.6 is 24.0 Å². The van der Waals surface area contributed by atoms with Crippen LogP contribution in [0.25, 0.3) is 0 Å². The first-order valence-electron chi connectivity index (χ1n) is 4.59. The standard InChI is InChI=1S/C11H11ClF3N.ClH/c1-2-3-10(16)7-4-5-9(12)8(6-7)11(13,14)15;/h2,4-6,10H,1,3,16H2;1H/t10-;/m1./s1. The number of halogens is 5. The second-order valence-corrected chi connectivity index (χ2v) is 3.78. The van der Waals surface area contributed by atoms with Crippen molar-refractivity contribution in [2.24, 2.45) is 5.73 Å². The van der Waals surface area contributed by atoms with Crippen LogP contribution in [-0.2, 0) is 6.18 Å². The van der Waals surface area contributed by atoms with Gasteiger partial charge in [-0.3, -0.25) is 0 Å². The van der Waals surface area contributed by atoms with E-state index in [1.165, 1.54) is 12.1 Å². The van der Waals surface area contributed by atoms with Gasteiger partial charge in [0.05, 0.1) is 10.6 Å². The van der Waals surface area contributed by atoms with E-state index in [1.54, 1.807) is 6.08 Å². The summed E-state index contributed by atoms with van der Waals surface area (Å²) in [5, 5.41) is -0.318. The minimum atomic E-state index is -4.46. The second-order valence-electron chi connectivity index (χ2n) is 3.37. The third-order valence-corrected chi connectivity index (χ3v) is 2.47. The van der Waals surface area contributed by atoms with Crippen molar-refractivity contribution >= 4 is 24.0 Å². The molecule has 0 aliphatic rings. The molecule has 96 valence electrons. The Bertz CT molecular complexity index is 391. The van der Waals surface area contributed by atoms with Crippen molar-refractivity contribution < 1.29 is 13.2 Å². The summed E-state index contributed by atoms with van der Waals surface area (Å²) in [7, 11) is 0. The topological polar surface area (TPSA) is 26.0 Å². The van der Waals surface area contributed by atoms with Gasteiger partial charge in [0.25, 0.3) is 0 Å². The number of alkyl halides is 3. The molecule has 0 saturated heterocycles. The Morgan fingerprint density at radius 3 is 2.47 bits per heavy atom. The van der Waals surface area contributed by atoms with E-state index in [1.807, 2.05) is 0 Å². The van der Waals surface area contributed by atoms with Crippen molar-refractivity contribution in [2.45, 2.75) is 18.6 Å². The lowest BCUT2D eigenvalue weighted by Crippen LogP contribution is -2.12. The maximum absolute atomic E-state index is 12.5. The van der Waals surface area contributed by atoms with Crippen molar-refractivity contribution in [1.82, 2.24) is 0 Å². The zero-order valence-corrected chi connectivity index (χ0v) is 10.4. The number of benzene rings is 1. The predicted molar refractivity (Wildman–Crippen MR) is 65.4 cm³/mol. The monoisotopic (exact) mass is 285 g/mol. The predicted octanol–water partition coefficient (Wildman–Crippen LogP) is 4.36. The highest BCUT2D eigenvalue weighted by Crippen LogP contribution is 2.36. The van der Waals surface area contributed by atoms with Gasteiger partial charge in [-0.15, -0.1) is 19.0 Å². The SMILES string of the molecule is C=CC[C@@H](N)c1ccc(Cl)c(C(F)(F)F)c1.Cl. The molecule has 1 nitrogen and oxygen atoms in total. The van der Waals surface area contributed by atoms with Gasteiger partial charge in [-0.05, 0) is 24.1 Å². The number of hydrogen-bond acceptors (Lipinski definition) is 1. The zero-order chi connectivity index (χ0) is 12.3. The molecule has 1 atom stereocenters. The van der Waals surface area contributed by atoms with E-state index < -0.39 is 17.8 Å². The van der Waals surface area contributed by atoms with Gasteiger partial charge in [0.1, 0.15) is 0 Å². The molecule has 0 heterocycles. The van der Waals surface area contributed by atoms with E-state index in [0.717, 1.165) is 6.07 Å². The van der Waals surface area contributed by atoms with E-state index in [0.29, 0.717) is 12.0 Å². The molecule has 0 aromatic heterocycles. The van der Waals surface area contributed by atoms with Crippen LogP contribution in [-0.4, -0.2) is 0 Å². The lowest BCUT2D eigenvalue weighted by atomic mass is 10.0. The van der Waals surface area contributed by atoms with Crippen LogP contribution < -0.4 is 5.73 Å². The Balaban J connectivity index is 0.00000256. The summed E-state index contributed by atoms with van der Waals surface area (Å²) in [5.41, 5.74) is 5.23. The molecular formula is C11H12Cl2F3N. The Hall–Kier alpha value is -0.710. The molecule has 0 spiro atoms. The molecule has 0 aliphatic heterocycles. The molecule has 1 aromatic rings. The van der Waals surface area contributed by atoms with E-state index in [9.17, 15) is 13.2 Å². The maximum atomic E-state index is 12.5. The van der Waals surface area contributed by atoms with Crippen LogP contribution in [0.1, 0.15) is 23.6 Å². The van der Waals surface area contributed by atoms with Gasteiger partial charge in [0, 0.05) is 6.04 Å². The molecule has 1 rings (SSSR count). The lowest BCUT2D eigenvalue weighted by molar-refractivity contribution is -0.137. The van der Waals surface area contributed by atoms with Crippen molar-refractivity contribution in [2.75, 3.05) is 0 Å². The van der Waals surface area contributed by atoms with Gasteiger partial charge >= 0.3 is 6.18 Å². The fraction of sp³-hybridized carbons (Fsp3) is 0.273. The molecular weight excluding hydrogens is 274 g/mol. The van der Waals surface area contributed by atoms with E-state index in [2.05, 4.69) is 6.58 Å². The summed E-state index contributed by atoms with van der Waals surface area (Å²) in [4.78, 5) is 0. The highest BCUT2D eigenvalue weighted by molar-refractivity contribution is 6.31. The van der Waals surface area contributed by atoms with Gasteiger partial charge in [-0.2, -0.15) is 13.2 Å². The van der Waals surface area contributed by atoms with Crippen LogP contribution in [0.2, 0.25) is 5.02 Å². The first kappa shape index (κ1) is 16.3. The Morgan fingerprint density at radius 2 is 2.00 bits per heavy atom. The van der Waals surface area contributed by atoms with Gasteiger partial charge in [0.2, 0.25) is 0 Å². The van der Waals surface area contributed by atoms with Gasteiger partial charge < -0.3 is 5.73 Å². The minimum Gasteiger partial charge on any atom is -0.324 e. The molecule has 1 aromatic carbocycles. The van der Waals surface area contributed by atoms with Gasteiger partial charge in [0.15, 0.2) is 0 Å². The summed E-state index contributed by atoms with van der Waals surface area (Å²) in [5.74, 6) is 0. The number of nitrogens with two attached hydrogens (primary N) is 1. The van der Waals surface area contributed by atoms with Crippen LogP contribution in [0, 0.1) is 0 Å².